The van der Waals surface area contributed by atoms with E-state index in [9.17, 15) is 9.59 Å². The first-order valence-electron chi connectivity index (χ1n) is 7.77. The van der Waals surface area contributed by atoms with Gasteiger partial charge in [-0.1, -0.05) is 30.3 Å². The topological polar surface area (TPSA) is 92.9 Å². The van der Waals surface area contributed by atoms with E-state index in [1.807, 2.05) is 30.3 Å². The van der Waals surface area contributed by atoms with E-state index in [2.05, 4.69) is 4.98 Å². The number of carboxylic acid groups (broad SMARTS) is 1. The maximum atomic E-state index is 12.3. The fourth-order valence-corrected chi connectivity index (χ4v) is 2.76. The summed E-state index contributed by atoms with van der Waals surface area (Å²) in [6, 6.07) is 9.15. The fourth-order valence-electron chi connectivity index (χ4n) is 2.76. The van der Waals surface area contributed by atoms with Gasteiger partial charge in [0, 0.05) is 6.54 Å². The molecule has 0 aliphatic carbocycles. The zero-order valence-electron chi connectivity index (χ0n) is 13.1. The van der Waals surface area contributed by atoms with Gasteiger partial charge in [-0.15, -0.1) is 0 Å². The Morgan fingerprint density at radius 3 is 2.88 bits per heavy atom. The normalized spacial score (nSPS) is 17.0. The van der Waals surface area contributed by atoms with Gasteiger partial charge in [0.1, 0.15) is 18.9 Å². The number of carboxylic acids is 1. The van der Waals surface area contributed by atoms with Crippen molar-refractivity contribution in [1.82, 2.24) is 9.88 Å². The van der Waals surface area contributed by atoms with Crippen molar-refractivity contribution >= 4 is 12.1 Å². The van der Waals surface area contributed by atoms with Crippen LogP contribution in [0.1, 0.15) is 36.0 Å². The summed E-state index contributed by atoms with van der Waals surface area (Å²) in [7, 11) is 0. The molecule has 7 nitrogen and oxygen atoms in total. The maximum absolute atomic E-state index is 12.3. The lowest BCUT2D eigenvalue weighted by Crippen LogP contribution is -2.31. The monoisotopic (exact) mass is 330 g/mol. The fraction of sp³-hybridized carbons (Fsp3) is 0.353. The van der Waals surface area contributed by atoms with Gasteiger partial charge < -0.3 is 14.3 Å². The number of benzene rings is 1. The lowest BCUT2D eigenvalue weighted by molar-refractivity contribution is -0.136. The quantitative estimate of drug-likeness (QED) is 0.906. The molecule has 0 bridgehead atoms. The Morgan fingerprint density at radius 2 is 2.12 bits per heavy atom. The van der Waals surface area contributed by atoms with Gasteiger partial charge in [0.15, 0.2) is 0 Å². The minimum Gasteiger partial charge on any atom is -0.481 e. The van der Waals surface area contributed by atoms with Crippen LogP contribution in [0.25, 0.3) is 0 Å². The molecule has 2 aromatic rings. The Kier molecular flexibility index (Phi) is 4.79. The highest BCUT2D eigenvalue weighted by Gasteiger charge is 2.34. The minimum atomic E-state index is -0.972. The molecule has 2 heterocycles. The second-order valence-electron chi connectivity index (χ2n) is 5.64. The predicted molar refractivity (Wildman–Crippen MR) is 83.2 cm³/mol. The molecule has 0 radical (unpaired) electrons. The number of ether oxygens (including phenoxy) is 1. The van der Waals surface area contributed by atoms with E-state index < -0.39 is 12.1 Å². The molecule has 1 aliphatic heterocycles. The van der Waals surface area contributed by atoms with Crippen LogP contribution >= 0.6 is 0 Å². The molecule has 1 aliphatic rings. The van der Waals surface area contributed by atoms with E-state index in [-0.39, 0.29) is 19.1 Å². The van der Waals surface area contributed by atoms with Gasteiger partial charge in [-0.3, -0.25) is 9.69 Å². The first kappa shape index (κ1) is 16.0. The van der Waals surface area contributed by atoms with Crippen LogP contribution in [0, 0.1) is 0 Å². The SMILES string of the molecule is O=C(O)Cc1coc(C2CCCN2C(=O)OCc2ccccc2)n1. The highest BCUT2D eigenvalue weighted by Crippen LogP contribution is 2.32. The number of aliphatic carboxylic acids is 1. The van der Waals surface area contributed by atoms with Gasteiger partial charge in [-0.2, -0.15) is 0 Å². The van der Waals surface area contributed by atoms with Crippen molar-refractivity contribution in [3.8, 4) is 0 Å². The van der Waals surface area contributed by atoms with Crippen molar-refractivity contribution in [1.29, 1.82) is 0 Å². The number of hydrogen-bond donors (Lipinski definition) is 1. The average molecular weight is 330 g/mol. The van der Waals surface area contributed by atoms with E-state index in [4.69, 9.17) is 14.3 Å². The van der Waals surface area contributed by atoms with Crippen molar-refractivity contribution in [2.45, 2.75) is 31.9 Å². The predicted octanol–water partition coefficient (Wildman–Crippen LogP) is 2.78. The van der Waals surface area contributed by atoms with Crippen LogP contribution in [0.5, 0.6) is 0 Å². The number of amides is 1. The van der Waals surface area contributed by atoms with E-state index in [0.29, 0.717) is 24.6 Å². The second kappa shape index (κ2) is 7.16. The van der Waals surface area contributed by atoms with Crippen LogP contribution in [-0.4, -0.2) is 33.6 Å². The van der Waals surface area contributed by atoms with Gasteiger partial charge in [0.25, 0.3) is 0 Å². The van der Waals surface area contributed by atoms with Crippen LogP contribution in [0.2, 0.25) is 0 Å². The molecule has 0 spiro atoms. The van der Waals surface area contributed by atoms with Gasteiger partial charge in [0.2, 0.25) is 5.89 Å². The number of likely N-dealkylation sites (tertiary alicyclic amines) is 1. The smallest absolute Gasteiger partial charge is 0.410 e. The summed E-state index contributed by atoms with van der Waals surface area (Å²) in [5.41, 5.74) is 1.27. The van der Waals surface area contributed by atoms with Gasteiger partial charge in [-0.25, -0.2) is 9.78 Å². The van der Waals surface area contributed by atoms with Crippen LogP contribution in [0.3, 0.4) is 0 Å². The summed E-state index contributed by atoms with van der Waals surface area (Å²) in [6.07, 6.45) is 2.25. The summed E-state index contributed by atoms with van der Waals surface area (Å²) in [5.74, 6) is -0.610. The number of oxazole rings is 1. The van der Waals surface area contributed by atoms with Crippen LogP contribution in [-0.2, 0) is 22.6 Å². The molecule has 3 rings (SSSR count). The molecule has 0 saturated carbocycles. The zero-order valence-corrected chi connectivity index (χ0v) is 13.1. The van der Waals surface area contributed by atoms with Crippen molar-refractivity contribution in [3.63, 3.8) is 0 Å². The van der Waals surface area contributed by atoms with Gasteiger partial charge in [-0.05, 0) is 18.4 Å². The highest BCUT2D eigenvalue weighted by molar-refractivity contribution is 5.69. The van der Waals surface area contributed by atoms with E-state index in [1.165, 1.54) is 6.26 Å². The highest BCUT2D eigenvalue weighted by atomic mass is 16.6. The number of carbonyl (C=O) groups excluding carboxylic acids is 1. The molecule has 1 aromatic heterocycles. The van der Waals surface area contributed by atoms with Gasteiger partial charge in [0.05, 0.1) is 12.1 Å². The summed E-state index contributed by atoms with van der Waals surface area (Å²) < 4.78 is 10.7. The molecule has 1 unspecified atom stereocenters. The zero-order chi connectivity index (χ0) is 16.9. The Hall–Kier alpha value is -2.83. The third kappa shape index (κ3) is 3.73. The van der Waals surface area contributed by atoms with E-state index >= 15 is 0 Å². The molecule has 126 valence electrons. The third-order valence-corrected chi connectivity index (χ3v) is 3.88. The van der Waals surface area contributed by atoms with Crippen LogP contribution < -0.4 is 0 Å². The van der Waals surface area contributed by atoms with Crippen LogP contribution in [0.4, 0.5) is 4.79 Å². The molecular weight excluding hydrogens is 312 g/mol. The average Bonchev–Trinajstić information content (AvgIpc) is 3.22. The van der Waals surface area contributed by atoms with Crippen LogP contribution in [0.15, 0.2) is 41.0 Å². The molecule has 7 heteroatoms. The lowest BCUT2D eigenvalue weighted by Gasteiger charge is -2.21. The Balaban J connectivity index is 1.63. The molecule has 1 aromatic carbocycles. The standard InChI is InChI=1S/C17H18N2O5/c20-15(21)9-13-11-23-16(18-13)14-7-4-8-19(14)17(22)24-10-12-5-2-1-3-6-12/h1-3,5-6,11,14H,4,7-10H2,(H,20,21). The molecule has 1 atom stereocenters. The first-order valence-corrected chi connectivity index (χ1v) is 7.77. The Bertz CT molecular complexity index is 713. The Morgan fingerprint density at radius 1 is 1.33 bits per heavy atom. The number of nitrogens with zero attached hydrogens (tertiary/aromatic N) is 2. The Labute approximate surface area is 138 Å². The molecule has 1 fully saturated rings. The molecule has 1 N–H and O–H groups in total. The summed E-state index contributed by atoms with van der Waals surface area (Å²) in [4.78, 5) is 28.8. The molecule has 1 saturated heterocycles. The largest absolute Gasteiger partial charge is 0.481 e. The van der Waals surface area contributed by atoms with E-state index in [0.717, 1.165) is 12.0 Å². The van der Waals surface area contributed by atoms with Crippen molar-refractivity contribution in [3.05, 3.63) is 53.7 Å². The summed E-state index contributed by atoms with van der Waals surface area (Å²) in [5, 5.41) is 8.79. The third-order valence-electron chi connectivity index (χ3n) is 3.88. The number of aromatic nitrogens is 1. The first-order chi connectivity index (χ1) is 11.6. The van der Waals surface area contributed by atoms with Crippen molar-refractivity contribution in [2.24, 2.45) is 0 Å². The molecule has 1 amide bonds. The summed E-state index contributed by atoms with van der Waals surface area (Å²) >= 11 is 0. The van der Waals surface area contributed by atoms with E-state index in [1.54, 1.807) is 4.90 Å². The number of hydrogen-bond acceptors (Lipinski definition) is 5. The minimum absolute atomic E-state index is 0.200. The maximum Gasteiger partial charge on any atom is 0.410 e. The summed E-state index contributed by atoms with van der Waals surface area (Å²) in [6.45, 7) is 0.772. The second-order valence-corrected chi connectivity index (χ2v) is 5.64. The molecular formula is C17H18N2O5. The number of rotatable bonds is 5. The van der Waals surface area contributed by atoms with Crippen molar-refractivity contribution < 1.29 is 23.8 Å². The lowest BCUT2D eigenvalue weighted by atomic mass is 10.2. The van der Waals surface area contributed by atoms with Gasteiger partial charge >= 0.3 is 12.1 Å². The van der Waals surface area contributed by atoms with Crippen molar-refractivity contribution in [2.75, 3.05) is 6.54 Å². The number of carbonyl (C=O) groups is 2. The molecule has 24 heavy (non-hydrogen) atoms.